The van der Waals surface area contributed by atoms with Crippen LogP contribution in [0.2, 0.25) is 0 Å². The maximum Gasteiger partial charge on any atom is 0.339 e. The van der Waals surface area contributed by atoms with Gasteiger partial charge in [0.2, 0.25) is 0 Å². The molecule has 0 aromatic carbocycles. The van der Waals surface area contributed by atoms with E-state index in [2.05, 4.69) is 18.5 Å². The highest BCUT2D eigenvalue weighted by Gasteiger charge is 2.51. The molecule has 1 rings (SSSR count). The van der Waals surface area contributed by atoms with Crippen LogP contribution in [0.25, 0.3) is 0 Å². The fourth-order valence-corrected chi connectivity index (χ4v) is 1.71. The molecular weight excluding hydrogens is 204 g/mol. The topological polar surface area (TPSA) is 49.4 Å². The number of carbonyl (C=O) groups excluding carboxylic acids is 2. The van der Waals surface area contributed by atoms with E-state index in [4.69, 9.17) is 11.8 Å². The monoisotopic (exact) mass is 214 g/mol. The Balaban J connectivity index is 3.05. The molecule has 0 saturated carbocycles. The van der Waals surface area contributed by atoms with Crippen LogP contribution in [-0.2, 0) is 4.79 Å². The van der Waals surface area contributed by atoms with Gasteiger partial charge < -0.3 is 0 Å². The van der Waals surface area contributed by atoms with Gasteiger partial charge in [-0.05, 0) is 12.8 Å². The summed E-state index contributed by atoms with van der Waals surface area (Å²) in [5.41, 5.74) is -1.05. The largest absolute Gasteiger partial charge is 0.339 e. The van der Waals surface area contributed by atoms with Gasteiger partial charge in [-0.3, -0.25) is 10.1 Å². The summed E-state index contributed by atoms with van der Waals surface area (Å²) in [7, 11) is 0. The number of nitrogens with one attached hydrogen (secondary N) is 1. The molecule has 76 valence electrons. The van der Waals surface area contributed by atoms with Crippen molar-refractivity contribution in [3.63, 3.8) is 0 Å². The van der Waals surface area contributed by atoms with Crippen molar-refractivity contribution in [1.29, 1.82) is 0 Å². The lowest BCUT2D eigenvalue weighted by Crippen LogP contribution is -2.44. The summed E-state index contributed by atoms with van der Waals surface area (Å²) in [6.45, 7) is 7.07. The van der Waals surface area contributed by atoms with E-state index >= 15 is 0 Å². The van der Waals surface area contributed by atoms with Crippen LogP contribution in [0.1, 0.15) is 12.8 Å². The van der Waals surface area contributed by atoms with Gasteiger partial charge >= 0.3 is 6.03 Å². The number of urea groups is 1. The van der Waals surface area contributed by atoms with Crippen LogP contribution in [0.3, 0.4) is 0 Å². The van der Waals surface area contributed by atoms with Crippen molar-refractivity contribution < 1.29 is 9.59 Å². The molecule has 0 unspecified atom stereocenters. The van der Waals surface area contributed by atoms with Gasteiger partial charge in [0.25, 0.3) is 5.91 Å². The molecule has 0 aliphatic carbocycles. The smallest absolute Gasteiger partial charge is 0.275 e. The molecule has 0 aromatic heterocycles. The number of hydrogen-bond acceptors (Lipinski definition) is 2. The average Bonchev–Trinajstić information content (AvgIpc) is 2.33. The molecule has 14 heavy (non-hydrogen) atoms. The minimum Gasteiger partial charge on any atom is -0.275 e. The second-order valence-corrected chi connectivity index (χ2v) is 3.40. The van der Waals surface area contributed by atoms with E-state index in [1.807, 2.05) is 0 Å². The van der Waals surface area contributed by atoms with Gasteiger partial charge in [0, 0.05) is 11.8 Å². The van der Waals surface area contributed by atoms with E-state index in [1.54, 1.807) is 12.2 Å². The minimum atomic E-state index is -1.05. The molecule has 0 radical (unpaired) electrons. The van der Waals surface area contributed by atoms with E-state index in [0.29, 0.717) is 12.8 Å². The number of carbonyl (C=O) groups is 2. The van der Waals surface area contributed by atoms with Crippen molar-refractivity contribution in [2.24, 2.45) is 0 Å². The Morgan fingerprint density at radius 1 is 1.36 bits per heavy atom. The SMILES string of the molecule is C=CCC1(CC=C)C(=O)NC(=O)N1Cl. The van der Waals surface area contributed by atoms with Crippen molar-refractivity contribution in [2.45, 2.75) is 18.4 Å². The molecule has 0 bridgehead atoms. The van der Waals surface area contributed by atoms with E-state index in [9.17, 15) is 9.59 Å². The predicted molar refractivity (Wildman–Crippen MR) is 53.6 cm³/mol. The van der Waals surface area contributed by atoms with Crippen molar-refractivity contribution in [3.8, 4) is 0 Å². The fourth-order valence-electron chi connectivity index (χ4n) is 1.45. The summed E-state index contributed by atoms with van der Waals surface area (Å²) in [6.07, 6.45) is 3.72. The second kappa shape index (κ2) is 3.84. The third-order valence-electron chi connectivity index (χ3n) is 2.16. The molecular formula is C9H11ClN2O2. The van der Waals surface area contributed by atoms with E-state index < -0.39 is 17.5 Å². The van der Waals surface area contributed by atoms with E-state index in [-0.39, 0.29) is 0 Å². The first-order valence-electron chi connectivity index (χ1n) is 4.11. The molecule has 3 amide bonds. The summed E-state index contributed by atoms with van der Waals surface area (Å²) < 4.78 is 0.888. The summed E-state index contributed by atoms with van der Waals surface area (Å²) in [4.78, 5) is 22.7. The Bertz CT molecular complexity index is 291. The maximum atomic E-state index is 11.5. The zero-order chi connectivity index (χ0) is 10.8. The lowest BCUT2D eigenvalue weighted by Gasteiger charge is -2.27. The van der Waals surface area contributed by atoms with Crippen molar-refractivity contribution in [1.82, 2.24) is 9.74 Å². The van der Waals surface area contributed by atoms with Crippen LogP contribution in [0.4, 0.5) is 4.79 Å². The number of hydrogen-bond donors (Lipinski definition) is 1. The molecule has 0 spiro atoms. The Hall–Kier alpha value is -1.29. The molecule has 1 aliphatic rings. The first-order chi connectivity index (χ1) is 6.58. The minimum absolute atomic E-state index is 0.306. The quantitative estimate of drug-likeness (QED) is 0.439. The van der Waals surface area contributed by atoms with Gasteiger partial charge in [-0.15, -0.1) is 13.2 Å². The van der Waals surface area contributed by atoms with Crippen molar-refractivity contribution in [2.75, 3.05) is 0 Å². The zero-order valence-corrected chi connectivity index (χ0v) is 8.38. The van der Waals surface area contributed by atoms with Crippen LogP contribution in [-0.4, -0.2) is 21.9 Å². The Kier molecular flexibility index (Phi) is 2.96. The number of amides is 3. The zero-order valence-electron chi connectivity index (χ0n) is 7.62. The average molecular weight is 215 g/mol. The summed E-state index contributed by atoms with van der Waals surface area (Å²) >= 11 is 5.74. The van der Waals surface area contributed by atoms with Crippen LogP contribution in [0.5, 0.6) is 0 Å². The number of imide groups is 1. The van der Waals surface area contributed by atoms with Crippen molar-refractivity contribution in [3.05, 3.63) is 25.3 Å². The van der Waals surface area contributed by atoms with Gasteiger partial charge in [0.15, 0.2) is 0 Å². The molecule has 1 fully saturated rings. The Morgan fingerprint density at radius 3 is 2.14 bits per heavy atom. The highest BCUT2D eigenvalue weighted by atomic mass is 35.5. The van der Waals surface area contributed by atoms with E-state index in [1.165, 1.54) is 0 Å². The highest BCUT2D eigenvalue weighted by molar-refractivity contribution is 6.28. The molecule has 1 aliphatic heterocycles. The first kappa shape index (κ1) is 10.8. The highest BCUT2D eigenvalue weighted by Crippen LogP contribution is 2.31. The van der Waals surface area contributed by atoms with Crippen LogP contribution >= 0.6 is 11.8 Å². The molecule has 0 aromatic rings. The maximum absolute atomic E-state index is 11.5. The predicted octanol–water partition coefficient (Wildman–Crippen LogP) is 1.58. The lowest BCUT2D eigenvalue weighted by molar-refractivity contribution is -0.125. The van der Waals surface area contributed by atoms with Gasteiger partial charge in [0.05, 0.1) is 0 Å². The van der Waals surface area contributed by atoms with E-state index in [0.717, 1.165) is 4.42 Å². The van der Waals surface area contributed by atoms with Crippen molar-refractivity contribution >= 4 is 23.7 Å². The standard InChI is InChI=1S/C9H11ClN2O2/c1-3-5-9(6-4-2)7(13)11-8(14)12(9)10/h3-4H,1-2,5-6H2,(H,11,13,14). The summed E-state index contributed by atoms with van der Waals surface area (Å²) in [5.74, 6) is -0.405. The second-order valence-electron chi connectivity index (χ2n) is 3.06. The molecule has 5 heteroatoms. The number of rotatable bonds is 4. The van der Waals surface area contributed by atoms with Crippen LogP contribution < -0.4 is 5.32 Å². The van der Waals surface area contributed by atoms with Crippen LogP contribution in [0.15, 0.2) is 25.3 Å². The third-order valence-corrected chi connectivity index (χ3v) is 2.64. The van der Waals surface area contributed by atoms with Gasteiger partial charge in [0.1, 0.15) is 5.54 Å². The molecule has 4 nitrogen and oxygen atoms in total. The fraction of sp³-hybridized carbons (Fsp3) is 0.333. The normalized spacial score (nSPS) is 19.4. The number of nitrogens with zero attached hydrogens (tertiary/aromatic N) is 1. The molecule has 0 atom stereocenters. The Labute approximate surface area is 87.3 Å². The summed E-state index contributed by atoms with van der Waals surface area (Å²) in [5, 5.41) is 2.15. The lowest BCUT2D eigenvalue weighted by atomic mass is 9.91. The van der Waals surface area contributed by atoms with Gasteiger partial charge in [-0.25, -0.2) is 9.21 Å². The first-order valence-corrected chi connectivity index (χ1v) is 4.45. The van der Waals surface area contributed by atoms with Crippen LogP contribution in [0, 0.1) is 0 Å². The molecule has 1 saturated heterocycles. The van der Waals surface area contributed by atoms with Gasteiger partial charge in [-0.2, -0.15) is 0 Å². The van der Waals surface area contributed by atoms with Gasteiger partial charge in [-0.1, -0.05) is 12.2 Å². The number of halogens is 1. The molecule has 1 heterocycles. The Morgan fingerprint density at radius 2 is 1.86 bits per heavy atom. The molecule has 1 N–H and O–H groups in total. The summed E-state index contributed by atoms with van der Waals surface area (Å²) in [6, 6.07) is -0.597. The third kappa shape index (κ3) is 1.42.